The van der Waals surface area contributed by atoms with Gasteiger partial charge in [0.25, 0.3) is 0 Å². The first-order valence-corrected chi connectivity index (χ1v) is 6.61. The minimum absolute atomic E-state index is 0.295. The van der Waals surface area contributed by atoms with E-state index in [0.717, 1.165) is 21.8 Å². The topological polar surface area (TPSA) is 63.1 Å². The highest BCUT2D eigenvalue weighted by atomic mass is 32.2. The average Bonchev–Trinajstić information content (AvgIpc) is 2.30. The van der Waals surface area contributed by atoms with Gasteiger partial charge in [-0.3, -0.25) is 0 Å². The fraction of sp³-hybridized carbons (Fsp3) is 0.214. The van der Waals surface area contributed by atoms with Crippen LogP contribution < -0.4 is 0 Å². The van der Waals surface area contributed by atoms with Gasteiger partial charge >= 0.3 is 5.97 Å². The molecule has 2 rings (SSSR count). The molecule has 19 heavy (non-hydrogen) atoms. The van der Waals surface area contributed by atoms with E-state index < -0.39 is 5.97 Å². The Morgan fingerprint density at radius 1 is 1.11 bits per heavy atom. The highest BCUT2D eigenvalue weighted by molar-refractivity contribution is 7.99. The van der Waals surface area contributed by atoms with E-state index in [9.17, 15) is 4.79 Å². The fourth-order valence-electron chi connectivity index (χ4n) is 1.73. The molecule has 0 amide bonds. The van der Waals surface area contributed by atoms with Crippen LogP contribution in [0, 0.1) is 20.8 Å². The van der Waals surface area contributed by atoms with Crippen molar-refractivity contribution in [3.05, 3.63) is 46.8 Å². The summed E-state index contributed by atoms with van der Waals surface area (Å²) in [4.78, 5) is 20.6. The molecule has 4 nitrogen and oxygen atoms in total. The summed E-state index contributed by atoms with van der Waals surface area (Å²) in [7, 11) is 0. The number of nitrogens with zero attached hydrogens (tertiary/aromatic N) is 2. The third-order valence-corrected chi connectivity index (χ3v) is 3.63. The molecule has 1 heterocycles. The van der Waals surface area contributed by atoms with Crippen LogP contribution in [-0.4, -0.2) is 21.0 Å². The number of aryl methyl sites for hydroxylation is 3. The summed E-state index contributed by atoms with van der Waals surface area (Å²) >= 11 is 1.45. The SMILES string of the molecule is Cc1cc(C)nc(Sc2ccc(C(=O)O)cc2C)n1. The zero-order valence-corrected chi connectivity index (χ0v) is 11.8. The summed E-state index contributed by atoms with van der Waals surface area (Å²) in [5.41, 5.74) is 3.06. The molecule has 1 aromatic heterocycles. The molecule has 0 radical (unpaired) electrons. The Bertz CT molecular complexity index is 621. The monoisotopic (exact) mass is 274 g/mol. The smallest absolute Gasteiger partial charge is 0.335 e. The lowest BCUT2D eigenvalue weighted by Crippen LogP contribution is -1.97. The van der Waals surface area contributed by atoms with Gasteiger partial charge in [0.2, 0.25) is 0 Å². The summed E-state index contributed by atoms with van der Waals surface area (Å²) in [5.74, 6) is -0.915. The second-order valence-corrected chi connectivity index (χ2v) is 5.33. The van der Waals surface area contributed by atoms with E-state index in [2.05, 4.69) is 9.97 Å². The lowest BCUT2D eigenvalue weighted by Gasteiger charge is -2.06. The maximum absolute atomic E-state index is 10.9. The number of carbonyl (C=O) groups is 1. The number of benzene rings is 1. The number of aromatic nitrogens is 2. The van der Waals surface area contributed by atoms with Gasteiger partial charge in [0, 0.05) is 16.3 Å². The molecule has 0 saturated carbocycles. The molecule has 0 saturated heterocycles. The van der Waals surface area contributed by atoms with Gasteiger partial charge < -0.3 is 5.11 Å². The van der Waals surface area contributed by atoms with E-state index in [0.29, 0.717) is 10.7 Å². The molecule has 0 unspecified atom stereocenters. The highest BCUT2D eigenvalue weighted by Gasteiger charge is 2.08. The lowest BCUT2D eigenvalue weighted by atomic mass is 10.1. The molecule has 0 spiro atoms. The van der Waals surface area contributed by atoms with Gasteiger partial charge in [-0.15, -0.1) is 0 Å². The minimum Gasteiger partial charge on any atom is -0.478 e. The molecule has 1 aromatic carbocycles. The van der Waals surface area contributed by atoms with Crippen molar-refractivity contribution in [3.63, 3.8) is 0 Å². The van der Waals surface area contributed by atoms with Gasteiger partial charge in [-0.1, -0.05) is 0 Å². The fourth-order valence-corrected chi connectivity index (χ4v) is 2.67. The standard InChI is InChI=1S/C14H14N2O2S/c1-8-6-11(13(17)18)4-5-12(8)19-14-15-9(2)7-10(3)16-14/h4-7H,1-3H3,(H,17,18). The molecule has 1 N–H and O–H groups in total. The Labute approximate surface area is 115 Å². The summed E-state index contributed by atoms with van der Waals surface area (Å²) in [6.45, 7) is 5.75. The number of carboxylic acid groups (broad SMARTS) is 1. The Kier molecular flexibility index (Phi) is 3.85. The zero-order chi connectivity index (χ0) is 14.0. The number of aromatic carboxylic acids is 1. The van der Waals surface area contributed by atoms with Crippen molar-refractivity contribution in [3.8, 4) is 0 Å². The molecule has 0 fully saturated rings. The Morgan fingerprint density at radius 2 is 1.74 bits per heavy atom. The Morgan fingerprint density at radius 3 is 2.26 bits per heavy atom. The third-order valence-electron chi connectivity index (χ3n) is 2.58. The summed E-state index contributed by atoms with van der Waals surface area (Å²) < 4.78 is 0. The van der Waals surface area contributed by atoms with Gasteiger partial charge in [0.15, 0.2) is 5.16 Å². The van der Waals surface area contributed by atoms with Gasteiger partial charge in [0.05, 0.1) is 5.56 Å². The van der Waals surface area contributed by atoms with E-state index in [1.54, 1.807) is 18.2 Å². The van der Waals surface area contributed by atoms with E-state index in [1.807, 2.05) is 26.8 Å². The second-order valence-electron chi connectivity index (χ2n) is 4.32. The molecular weight excluding hydrogens is 260 g/mol. The maximum Gasteiger partial charge on any atom is 0.335 e. The molecule has 0 aliphatic rings. The summed E-state index contributed by atoms with van der Waals surface area (Å²) in [6, 6.07) is 6.97. The van der Waals surface area contributed by atoms with Gasteiger partial charge in [-0.25, -0.2) is 14.8 Å². The number of rotatable bonds is 3. The zero-order valence-electron chi connectivity index (χ0n) is 11.0. The molecule has 0 bridgehead atoms. The average molecular weight is 274 g/mol. The largest absolute Gasteiger partial charge is 0.478 e. The van der Waals surface area contributed by atoms with E-state index in [4.69, 9.17) is 5.11 Å². The van der Waals surface area contributed by atoms with Gasteiger partial charge in [0.1, 0.15) is 0 Å². The Balaban J connectivity index is 2.30. The molecule has 98 valence electrons. The molecule has 0 atom stereocenters. The van der Waals surface area contributed by atoms with E-state index in [-0.39, 0.29) is 0 Å². The van der Waals surface area contributed by atoms with Crippen LogP contribution in [0.25, 0.3) is 0 Å². The third kappa shape index (κ3) is 3.32. The van der Waals surface area contributed by atoms with Crippen LogP contribution in [0.2, 0.25) is 0 Å². The van der Waals surface area contributed by atoms with Crippen molar-refractivity contribution in [2.45, 2.75) is 30.8 Å². The van der Waals surface area contributed by atoms with Crippen molar-refractivity contribution >= 4 is 17.7 Å². The minimum atomic E-state index is -0.915. The quantitative estimate of drug-likeness (QED) is 0.870. The second kappa shape index (κ2) is 5.40. The van der Waals surface area contributed by atoms with Crippen molar-refractivity contribution in [2.24, 2.45) is 0 Å². The summed E-state index contributed by atoms with van der Waals surface area (Å²) in [5, 5.41) is 9.62. The van der Waals surface area contributed by atoms with Crippen LogP contribution in [-0.2, 0) is 0 Å². The van der Waals surface area contributed by atoms with E-state index in [1.165, 1.54) is 11.8 Å². The van der Waals surface area contributed by atoms with Crippen LogP contribution in [0.5, 0.6) is 0 Å². The first kappa shape index (κ1) is 13.5. The normalized spacial score (nSPS) is 10.5. The number of hydrogen-bond acceptors (Lipinski definition) is 4. The van der Waals surface area contributed by atoms with Crippen molar-refractivity contribution in [1.82, 2.24) is 9.97 Å². The number of carboxylic acids is 1. The molecular formula is C14H14N2O2S. The first-order chi connectivity index (χ1) is 8.95. The summed E-state index contributed by atoms with van der Waals surface area (Å²) in [6.07, 6.45) is 0. The van der Waals surface area contributed by atoms with Crippen molar-refractivity contribution < 1.29 is 9.90 Å². The predicted molar refractivity (Wildman–Crippen MR) is 73.8 cm³/mol. The molecule has 0 aliphatic heterocycles. The van der Waals surface area contributed by atoms with Crippen molar-refractivity contribution in [1.29, 1.82) is 0 Å². The van der Waals surface area contributed by atoms with E-state index >= 15 is 0 Å². The van der Waals surface area contributed by atoms with Crippen LogP contribution in [0.15, 0.2) is 34.3 Å². The molecule has 0 aliphatic carbocycles. The van der Waals surface area contributed by atoms with Crippen LogP contribution in [0.1, 0.15) is 27.3 Å². The predicted octanol–water partition coefficient (Wildman–Crippen LogP) is 3.25. The molecule has 5 heteroatoms. The van der Waals surface area contributed by atoms with Crippen LogP contribution in [0.3, 0.4) is 0 Å². The highest BCUT2D eigenvalue weighted by Crippen LogP contribution is 2.28. The van der Waals surface area contributed by atoms with Gasteiger partial charge in [-0.05, 0) is 62.4 Å². The van der Waals surface area contributed by atoms with Crippen LogP contribution in [0.4, 0.5) is 0 Å². The first-order valence-electron chi connectivity index (χ1n) is 5.80. The molecule has 2 aromatic rings. The lowest BCUT2D eigenvalue weighted by molar-refractivity contribution is 0.0696. The van der Waals surface area contributed by atoms with Crippen LogP contribution >= 0.6 is 11.8 Å². The van der Waals surface area contributed by atoms with Gasteiger partial charge in [-0.2, -0.15) is 0 Å². The Hall–Kier alpha value is -1.88. The van der Waals surface area contributed by atoms with Crippen molar-refractivity contribution in [2.75, 3.05) is 0 Å². The number of hydrogen-bond donors (Lipinski definition) is 1. The maximum atomic E-state index is 10.9.